The van der Waals surface area contributed by atoms with Crippen LogP contribution in [0.25, 0.3) is 0 Å². The molecular weight excluding hydrogens is 268 g/mol. The van der Waals surface area contributed by atoms with Crippen molar-refractivity contribution in [2.75, 3.05) is 5.73 Å². The third-order valence-electron chi connectivity index (χ3n) is 4.21. The molecule has 1 aliphatic carbocycles. The summed E-state index contributed by atoms with van der Waals surface area (Å²) in [5, 5.41) is 12.1. The van der Waals surface area contributed by atoms with Gasteiger partial charge in [0.25, 0.3) is 5.91 Å². The standard InChI is InChI=1S/C16H22N2O3/c1-11-9-12(5-6-13(11)17)15(21)18-16(10-14(19)20)7-3-2-4-8-16/h5-6,9H,2-4,7-8,10,17H2,1H3,(H,18,21)(H,19,20). The molecule has 0 heterocycles. The van der Waals surface area contributed by atoms with Crippen LogP contribution in [0.2, 0.25) is 0 Å². The third-order valence-corrected chi connectivity index (χ3v) is 4.21. The van der Waals surface area contributed by atoms with Crippen molar-refractivity contribution in [3.8, 4) is 0 Å². The lowest BCUT2D eigenvalue weighted by atomic mass is 9.79. The van der Waals surface area contributed by atoms with Crippen LogP contribution in [0.3, 0.4) is 0 Å². The van der Waals surface area contributed by atoms with E-state index in [1.165, 1.54) is 0 Å². The Labute approximate surface area is 124 Å². The normalized spacial score (nSPS) is 17.2. The minimum atomic E-state index is -0.870. The van der Waals surface area contributed by atoms with Crippen LogP contribution >= 0.6 is 0 Å². The van der Waals surface area contributed by atoms with Crippen molar-refractivity contribution in [1.29, 1.82) is 0 Å². The van der Waals surface area contributed by atoms with Crippen LogP contribution in [0.5, 0.6) is 0 Å². The van der Waals surface area contributed by atoms with Crippen LogP contribution < -0.4 is 11.1 Å². The molecule has 0 saturated heterocycles. The van der Waals surface area contributed by atoms with Crippen molar-refractivity contribution in [2.24, 2.45) is 0 Å². The molecule has 2 rings (SSSR count). The zero-order valence-corrected chi connectivity index (χ0v) is 12.3. The summed E-state index contributed by atoms with van der Waals surface area (Å²) in [6.07, 6.45) is 4.42. The van der Waals surface area contributed by atoms with E-state index in [-0.39, 0.29) is 12.3 Å². The molecule has 1 fully saturated rings. The molecular formula is C16H22N2O3. The molecule has 1 amide bonds. The summed E-state index contributed by atoms with van der Waals surface area (Å²) in [6.45, 7) is 1.85. The summed E-state index contributed by atoms with van der Waals surface area (Å²) >= 11 is 0. The predicted molar refractivity (Wildman–Crippen MR) is 81.1 cm³/mol. The summed E-state index contributed by atoms with van der Waals surface area (Å²) in [4.78, 5) is 23.5. The fourth-order valence-electron chi connectivity index (χ4n) is 2.99. The number of carbonyl (C=O) groups is 2. The molecule has 1 aromatic carbocycles. The first-order valence-corrected chi connectivity index (χ1v) is 7.32. The Morgan fingerprint density at radius 2 is 1.95 bits per heavy atom. The number of amides is 1. The second kappa shape index (κ2) is 6.16. The van der Waals surface area contributed by atoms with Gasteiger partial charge in [0, 0.05) is 11.3 Å². The number of aryl methyl sites for hydroxylation is 1. The number of benzene rings is 1. The van der Waals surface area contributed by atoms with Crippen LogP contribution in [0.1, 0.15) is 54.4 Å². The summed E-state index contributed by atoms with van der Waals surface area (Å²) in [5.41, 5.74) is 7.15. The Bertz CT molecular complexity index is 548. The van der Waals surface area contributed by atoms with Crippen molar-refractivity contribution < 1.29 is 14.7 Å². The molecule has 1 aliphatic rings. The summed E-state index contributed by atoms with van der Waals surface area (Å²) in [5.74, 6) is -1.09. The van der Waals surface area contributed by atoms with Gasteiger partial charge in [-0.1, -0.05) is 19.3 Å². The van der Waals surface area contributed by atoms with E-state index in [0.29, 0.717) is 11.3 Å². The van der Waals surface area contributed by atoms with Gasteiger partial charge in [-0.3, -0.25) is 9.59 Å². The fraction of sp³-hybridized carbons (Fsp3) is 0.500. The van der Waals surface area contributed by atoms with E-state index in [0.717, 1.165) is 37.7 Å². The van der Waals surface area contributed by atoms with E-state index in [9.17, 15) is 9.59 Å². The number of carboxylic acid groups (broad SMARTS) is 1. The molecule has 0 radical (unpaired) electrons. The van der Waals surface area contributed by atoms with E-state index < -0.39 is 11.5 Å². The lowest BCUT2D eigenvalue weighted by Crippen LogP contribution is -2.51. The number of hydrogen-bond donors (Lipinski definition) is 3. The number of carbonyl (C=O) groups excluding carboxylic acids is 1. The number of nitrogens with one attached hydrogen (secondary N) is 1. The van der Waals surface area contributed by atoms with Gasteiger partial charge >= 0.3 is 5.97 Å². The Morgan fingerprint density at radius 1 is 1.29 bits per heavy atom. The lowest BCUT2D eigenvalue weighted by Gasteiger charge is -2.37. The smallest absolute Gasteiger partial charge is 0.305 e. The van der Waals surface area contributed by atoms with Crippen molar-refractivity contribution in [2.45, 2.75) is 51.0 Å². The van der Waals surface area contributed by atoms with E-state index in [1.54, 1.807) is 18.2 Å². The second-order valence-electron chi connectivity index (χ2n) is 5.94. The van der Waals surface area contributed by atoms with Gasteiger partial charge in [-0.2, -0.15) is 0 Å². The number of hydrogen-bond acceptors (Lipinski definition) is 3. The maximum atomic E-state index is 12.4. The maximum Gasteiger partial charge on any atom is 0.305 e. The first-order chi connectivity index (χ1) is 9.92. The van der Waals surface area contributed by atoms with Crippen LogP contribution in [-0.2, 0) is 4.79 Å². The third kappa shape index (κ3) is 3.74. The summed E-state index contributed by atoms with van der Waals surface area (Å²) < 4.78 is 0. The van der Waals surface area contributed by atoms with Gasteiger partial charge in [-0.25, -0.2) is 0 Å². The van der Waals surface area contributed by atoms with Crippen LogP contribution in [-0.4, -0.2) is 22.5 Å². The molecule has 114 valence electrons. The highest BCUT2D eigenvalue weighted by molar-refractivity contribution is 5.95. The van der Waals surface area contributed by atoms with Gasteiger partial charge in [-0.05, 0) is 43.5 Å². The topological polar surface area (TPSA) is 92.4 Å². The van der Waals surface area contributed by atoms with Gasteiger partial charge in [-0.15, -0.1) is 0 Å². The fourth-order valence-corrected chi connectivity index (χ4v) is 2.99. The highest BCUT2D eigenvalue weighted by Gasteiger charge is 2.36. The minimum Gasteiger partial charge on any atom is -0.481 e. The Balaban J connectivity index is 2.17. The Kier molecular flexibility index (Phi) is 4.50. The average Bonchev–Trinajstić information content (AvgIpc) is 2.41. The second-order valence-corrected chi connectivity index (χ2v) is 5.94. The molecule has 0 spiro atoms. The highest BCUT2D eigenvalue weighted by atomic mass is 16.4. The average molecular weight is 290 g/mol. The molecule has 0 bridgehead atoms. The van der Waals surface area contributed by atoms with Gasteiger partial charge in [0.05, 0.1) is 12.0 Å². The lowest BCUT2D eigenvalue weighted by molar-refractivity contribution is -0.139. The highest BCUT2D eigenvalue weighted by Crippen LogP contribution is 2.31. The van der Waals surface area contributed by atoms with E-state index in [2.05, 4.69) is 5.32 Å². The summed E-state index contributed by atoms with van der Waals surface area (Å²) in [7, 11) is 0. The van der Waals surface area contributed by atoms with Crippen LogP contribution in [0.4, 0.5) is 5.69 Å². The zero-order chi connectivity index (χ0) is 15.5. The number of nitrogens with two attached hydrogens (primary N) is 1. The van der Waals surface area contributed by atoms with Gasteiger partial charge in [0.1, 0.15) is 0 Å². The number of aliphatic carboxylic acids is 1. The molecule has 0 aliphatic heterocycles. The molecule has 21 heavy (non-hydrogen) atoms. The predicted octanol–water partition coefficient (Wildman–Crippen LogP) is 2.48. The van der Waals surface area contributed by atoms with Gasteiger partial charge in [0.2, 0.25) is 0 Å². The molecule has 0 unspecified atom stereocenters. The largest absolute Gasteiger partial charge is 0.481 e. The molecule has 5 heteroatoms. The van der Waals surface area contributed by atoms with Crippen LogP contribution in [0, 0.1) is 6.92 Å². The molecule has 4 N–H and O–H groups in total. The maximum absolute atomic E-state index is 12.4. The number of carboxylic acids is 1. The van der Waals surface area contributed by atoms with E-state index in [1.807, 2.05) is 6.92 Å². The van der Waals surface area contributed by atoms with E-state index in [4.69, 9.17) is 10.8 Å². The summed E-state index contributed by atoms with van der Waals surface area (Å²) in [6, 6.07) is 5.12. The van der Waals surface area contributed by atoms with Crippen molar-refractivity contribution >= 4 is 17.6 Å². The van der Waals surface area contributed by atoms with Crippen molar-refractivity contribution in [1.82, 2.24) is 5.32 Å². The first kappa shape index (κ1) is 15.4. The SMILES string of the molecule is Cc1cc(C(=O)NC2(CC(=O)O)CCCCC2)ccc1N. The van der Waals surface area contributed by atoms with Crippen molar-refractivity contribution in [3.05, 3.63) is 29.3 Å². The van der Waals surface area contributed by atoms with Crippen molar-refractivity contribution in [3.63, 3.8) is 0 Å². The molecule has 1 saturated carbocycles. The first-order valence-electron chi connectivity index (χ1n) is 7.32. The van der Waals surface area contributed by atoms with Gasteiger partial charge in [0.15, 0.2) is 0 Å². The van der Waals surface area contributed by atoms with Crippen LogP contribution in [0.15, 0.2) is 18.2 Å². The van der Waals surface area contributed by atoms with Gasteiger partial charge < -0.3 is 16.2 Å². The number of nitrogen functional groups attached to an aromatic ring is 1. The Hall–Kier alpha value is -2.04. The Morgan fingerprint density at radius 3 is 2.52 bits per heavy atom. The zero-order valence-electron chi connectivity index (χ0n) is 12.3. The van der Waals surface area contributed by atoms with E-state index >= 15 is 0 Å². The minimum absolute atomic E-state index is 0.0211. The monoisotopic (exact) mass is 290 g/mol. The molecule has 0 aromatic heterocycles. The molecule has 5 nitrogen and oxygen atoms in total. The number of rotatable bonds is 4. The number of anilines is 1. The molecule has 0 atom stereocenters. The molecule has 1 aromatic rings. The quantitative estimate of drug-likeness (QED) is 0.743.